The Hall–Kier alpha value is -3.04. The van der Waals surface area contributed by atoms with Crippen molar-refractivity contribution in [1.82, 2.24) is 14.9 Å². The summed E-state index contributed by atoms with van der Waals surface area (Å²) in [6, 6.07) is 6.26. The lowest BCUT2D eigenvalue weighted by molar-refractivity contribution is -0.136. The number of alkyl halides is 1. The lowest BCUT2D eigenvalue weighted by Gasteiger charge is -2.43. The highest BCUT2D eigenvalue weighted by Crippen LogP contribution is 2.46. The van der Waals surface area contributed by atoms with Crippen LogP contribution in [-0.4, -0.2) is 79.2 Å². The van der Waals surface area contributed by atoms with Crippen LogP contribution in [0.5, 0.6) is 6.01 Å². The molecule has 2 N–H and O–H groups in total. The lowest BCUT2D eigenvalue weighted by Crippen LogP contribution is -2.45. The molecule has 0 unspecified atom stereocenters. The van der Waals surface area contributed by atoms with Gasteiger partial charge in [0.05, 0.1) is 43.2 Å². The van der Waals surface area contributed by atoms with Crippen LogP contribution in [-0.2, 0) is 39.4 Å². The summed E-state index contributed by atoms with van der Waals surface area (Å²) in [6.07, 6.45) is 2.90. The zero-order valence-corrected chi connectivity index (χ0v) is 22.7. The van der Waals surface area contributed by atoms with E-state index in [1.54, 1.807) is 6.07 Å². The van der Waals surface area contributed by atoms with Crippen molar-refractivity contribution in [3.63, 3.8) is 0 Å². The van der Waals surface area contributed by atoms with Crippen LogP contribution < -0.4 is 15.4 Å². The van der Waals surface area contributed by atoms with Crippen LogP contribution >= 0.6 is 0 Å². The van der Waals surface area contributed by atoms with Crippen LogP contribution in [0.15, 0.2) is 12.1 Å². The van der Waals surface area contributed by atoms with Crippen molar-refractivity contribution >= 4 is 11.5 Å². The van der Waals surface area contributed by atoms with Gasteiger partial charge in [0.25, 0.3) is 0 Å². The molecule has 6 heterocycles. The van der Waals surface area contributed by atoms with Gasteiger partial charge in [-0.1, -0.05) is 6.07 Å². The molecule has 5 aliphatic heterocycles. The Labute approximate surface area is 233 Å². The van der Waals surface area contributed by atoms with Gasteiger partial charge in [0.1, 0.15) is 30.3 Å². The van der Waals surface area contributed by atoms with Crippen molar-refractivity contribution in [3.8, 4) is 12.1 Å². The van der Waals surface area contributed by atoms with E-state index in [4.69, 9.17) is 34.6 Å². The molecule has 1 aromatic heterocycles. The average molecular weight is 551 g/mol. The summed E-state index contributed by atoms with van der Waals surface area (Å²) >= 11 is 0. The minimum Gasteiger partial charge on any atom is -0.461 e. The second kappa shape index (κ2) is 10.1. The van der Waals surface area contributed by atoms with Crippen LogP contribution in [0.1, 0.15) is 53.6 Å². The zero-order chi connectivity index (χ0) is 27.3. The fourth-order valence-electron chi connectivity index (χ4n) is 7.33. The van der Waals surface area contributed by atoms with Crippen LogP contribution in [0.2, 0.25) is 0 Å². The first-order valence-corrected chi connectivity index (χ1v) is 14.3. The van der Waals surface area contributed by atoms with Crippen LogP contribution in [0.4, 0.5) is 15.9 Å². The topological polar surface area (TPSA) is 119 Å². The quantitative estimate of drug-likeness (QED) is 0.569. The first kappa shape index (κ1) is 25.9. The number of nitrogens with two attached hydrogens (primary N) is 1. The Balaban J connectivity index is 1.27. The van der Waals surface area contributed by atoms with E-state index in [0.717, 1.165) is 60.6 Å². The number of nitrogen functional groups attached to an aromatic ring is 1. The van der Waals surface area contributed by atoms with E-state index in [1.165, 1.54) is 0 Å². The third-order valence-corrected chi connectivity index (χ3v) is 9.23. The maximum atomic E-state index is 14.4. The molecule has 0 radical (unpaired) electrons. The summed E-state index contributed by atoms with van der Waals surface area (Å²) < 4.78 is 39.1. The molecule has 0 bridgehead atoms. The molecular weight excluding hydrogens is 515 g/mol. The normalized spacial score (nSPS) is 29.9. The first-order valence-electron chi connectivity index (χ1n) is 14.3. The van der Waals surface area contributed by atoms with E-state index in [2.05, 4.69) is 15.9 Å². The van der Waals surface area contributed by atoms with Gasteiger partial charge in [0.2, 0.25) is 0 Å². The lowest BCUT2D eigenvalue weighted by atomic mass is 9.79. The summed E-state index contributed by atoms with van der Waals surface area (Å²) in [5.74, 6) is 0.793. The highest BCUT2D eigenvalue weighted by atomic mass is 19.1. The second-order valence-corrected chi connectivity index (χ2v) is 11.7. The number of nitriles is 1. The smallest absolute Gasteiger partial charge is 0.318 e. The number of benzene rings is 1. The highest BCUT2D eigenvalue weighted by Gasteiger charge is 2.50. The molecular formula is C29H35FN6O4. The third kappa shape index (κ3) is 4.29. The van der Waals surface area contributed by atoms with E-state index in [-0.39, 0.29) is 12.1 Å². The van der Waals surface area contributed by atoms with E-state index < -0.39 is 11.8 Å². The van der Waals surface area contributed by atoms with E-state index in [0.29, 0.717) is 76.2 Å². The predicted octanol–water partition coefficient (Wildman–Crippen LogP) is 2.61. The number of rotatable bonds is 4. The monoisotopic (exact) mass is 550 g/mol. The predicted molar refractivity (Wildman–Crippen MR) is 144 cm³/mol. The number of fused-ring (bicyclic) bond motifs is 4. The Morgan fingerprint density at radius 2 is 2.08 bits per heavy atom. The van der Waals surface area contributed by atoms with Gasteiger partial charge in [-0.2, -0.15) is 15.2 Å². The summed E-state index contributed by atoms with van der Waals surface area (Å²) in [5.41, 5.74) is 9.33. The molecule has 11 heteroatoms. The molecule has 0 saturated carbocycles. The first-order chi connectivity index (χ1) is 19.5. The molecule has 5 aliphatic rings. The molecule has 1 aromatic carbocycles. The molecule has 212 valence electrons. The van der Waals surface area contributed by atoms with Crippen LogP contribution in [0.25, 0.3) is 0 Å². The zero-order valence-electron chi connectivity index (χ0n) is 22.7. The molecule has 40 heavy (non-hydrogen) atoms. The molecule has 3 fully saturated rings. The molecule has 0 aliphatic carbocycles. The summed E-state index contributed by atoms with van der Waals surface area (Å²) in [6.45, 7) is 5.52. The Morgan fingerprint density at radius 3 is 2.98 bits per heavy atom. The van der Waals surface area contributed by atoms with E-state index in [1.807, 2.05) is 6.07 Å². The van der Waals surface area contributed by atoms with Crippen molar-refractivity contribution < 1.29 is 23.3 Å². The number of halogens is 1. The van der Waals surface area contributed by atoms with Gasteiger partial charge < -0.3 is 29.6 Å². The SMILES string of the molecule is N#Cc1c(N)ccc2c1[C@@]1(COC2)Cc2nc(OC[C@@]34CCCN3C[C@H](F)C4)nc(N3CCCOCC3)c2CO1. The molecule has 3 saturated heterocycles. The van der Waals surface area contributed by atoms with Gasteiger partial charge in [0.15, 0.2) is 0 Å². The minimum absolute atomic E-state index is 0.270. The van der Waals surface area contributed by atoms with Crippen molar-refractivity contribution in [2.75, 3.05) is 63.2 Å². The highest BCUT2D eigenvalue weighted by molar-refractivity contribution is 5.63. The van der Waals surface area contributed by atoms with Gasteiger partial charge in [-0.25, -0.2) is 4.39 Å². The largest absolute Gasteiger partial charge is 0.461 e. The van der Waals surface area contributed by atoms with E-state index >= 15 is 0 Å². The standard InChI is InChI=1S/C29H35FN6O4/c30-20-11-28(5-1-7-36(28)14-20)17-39-27-33-24-12-29(18-38-15-19-3-4-23(32)21(13-31)25(19)29)40-16-22(24)26(34-27)35-6-2-9-37-10-8-35/h3-4,20H,1-2,5-12,14-18,32H2/t20-,28+,29+/m1/s1. The third-order valence-electron chi connectivity index (χ3n) is 9.23. The Morgan fingerprint density at radius 1 is 1.15 bits per heavy atom. The summed E-state index contributed by atoms with van der Waals surface area (Å²) in [7, 11) is 0. The van der Waals surface area contributed by atoms with Gasteiger partial charge in [-0.3, -0.25) is 4.90 Å². The number of hydrogen-bond donors (Lipinski definition) is 1. The second-order valence-electron chi connectivity index (χ2n) is 11.7. The van der Waals surface area contributed by atoms with Gasteiger partial charge in [0, 0.05) is 55.9 Å². The summed E-state index contributed by atoms with van der Waals surface area (Å²) in [4.78, 5) is 14.3. The van der Waals surface area contributed by atoms with Crippen molar-refractivity contribution in [2.45, 2.75) is 62.6 Å². The van der Waals surface area contributed by atoms with E-state index in [9.17, 15) is 9.65 Å². The van der Waals surface area contributed by atoms with Crippen molar-refractivity contribution in [2.24, 2.45) is 0 Å². The maximum Gasteiger partial charge on any atom is 0.318 e. The van der Waals surface area contributed by atoms with Gasteiger partial charge >= 0.3 is 6.01 Å². The number of ether oxygens (including phenoxy) is 4. The summed E-state index contributed by atoms with van der Waals surface area (Å²) in [5, 5.41) is 10.0. The number of aromatic nitrogens is 2. The minimum atomic E-state index is -0.889. The van der Waals surface area contributed by atoms with Crippen molar-refractivity contribution in [1.29, 1.82) is 5.26 Å². The van der Waals surface area contributed by atoms with Gasteiger partial charge in [-0.15, -0.1) is 0 Å². The average Bonchev–Trinajstić information content (AvgIpc) is 3.33. The van der Waals surface area contributed by atoms with Gasteiger partial charge in [-0.05, 0) is 37.4 Å². The maximum absolute atomic E-state index is 14.4. The number of nitrogens with zero attached hydrogens (tertiary/aromatic N) is 5. The fourth-order valence-corrected chi connectivity index (χ4v) is 7.33. The number of hydrogen-bond acceptors (Lipinski definition) is 10. The molecule has 10 nitrogen and oxygen atoms in total. The number of anilines is 2. The Kier molecular flexibility index (Phi) is 6.54. The molecule has 7 rings (SSSR count). The molecule has 0 amide bonds. The van der Waals surface area contributed by atoms with Crippen LogP contribution in [0, 0.1) is 11.3 Å². The fraction of sp³-hybridized carbons (Fsp3) is 0.621. The molecule has 3 atom stereocenters. The van der Waals surface area contributed by atoms with Crippen molar-refractivity contribution in [3.05, 3.63) is 40.1 Å². The Bertz CT molecular complexity index is 1340. The molecule has 1 spiro atoms. The molecule has 2 aromatic rings. The van der Waals surface area contributed by atoms with Crippen LogP contribution in [0.3, 0.4) is 0 Å².